The number of nitrogen functional groups attached to an aromatic ring is 2. The van der Waals surface area contributed by atoms with E-state index in [2.05, 4.69) is 79.0 Å². The van der Waals surface area contributed by atoms with Gasteiger partial charge in [0.25, 0.3) is 0 Å². The molecule has 2 aromatic heterocycles. The number of hydrogen-bond acceptors (Lipinski definition) is 6. The van der Waals surface area contributed by atoms with Gasteiger partial charge in [0.05, 0.1) is 22.1 Å². The van der Waals surface area contributed by atoms with Crippen molar-refractivity contribution in [1.82, 2.24) is 19.1 Å². The maximum absolute atomic E-state index is 6.06. The van der Waals surface area contributed by atoms with Gasteiger partial charge >= 0.3 is 0 Å². The second-order valence-electron chi connectivity index (χ2n) is 11.9. The average Bonchev–Trinajstić information content (AvgIpc) is 3.63. The van der Waals surface area contributed by atoms with E-state index in [1.807, 2.05) is 101 Å². The fourth-order valence-electron chi connectivity index (χ4n) is 5.53. The zero-order valence-corrected chi connectivity index (χ0v) is 27.2. The van der Waals surface area contributed by atoms with Gasteiger partial charge < -0.3 is 21.3 Å². The topological polar surface area (TPSA) is 94.2 Å². The van der Waals surface area contributed by atoms with Crippen LogP contribution in [0, 0.1) is 23.7 Å². The largest absolute Gasteiger partial charge is 0.399 e. The Bertz CT molecular complexity index is 2220. The standard InChI is InChI=1S/C40H34N8/c1-45(2)31-15-5-27(6-16-31)9-23-39-43-35-25-38-36(26-37(35)47(39)33-19-11-29(41)12-20-33)44-40(48(38)34-21-13-30(42)14-22-34)24-10-28-7-17-32(18-8-28)46(3)4/h5-8,11-22,25-26H,41-42H2,1-4H3. The van der Waals surface area contributed by atoms with Crippen LogP contribution >= 0.6 is 0 Å². The summed E-state index contributed by atoms with van der Waals surface area (Å²) >= 11 is 0. The molecule has 0 saturated carbocycles. The van der Waals surface area contributed by atoms with Crippen LogP contribution in [0.5, 0.6) is 0 Å². The van der Waals surface area contributed by atoms with Crippen molar-refractivity contribution < 1.29 is 0 Å². The lowest BCUT2D eigenvalue weighted by Gasteiger charge is -2.11. The number of benzene rings is 5. The molecule has 0 amide bonds. The molecule has 234 valence electrons. The number of nitrogens with zero attached hydrogens (tertiary/aromatic N) is 6. The minimum Gasteiger partial charge on any atom is -0.399 e. The molecule has 0 aliphatic rings. The summed E-state index contributed by atoms with van der Waals surface area (Å²) in [5.41, 5.74) is 22.6. The molecule has 8 heteroatoms. The van der Waals surface area contributed by atoms with Crippen molar-refractivity contribution in [3.05, 3.63) is 132 Å². The van der Waals surface area contributed by atoms with Gasteiger partial charge in [0.2, 0.25) is 0 Å². The Balaban J connectivity index is 1.41. The minimum atomic E-state index is 0.610. The Hall–Kier alpha value is -6.64. The van der Waals surface area contributed by atoms with Crippen molar-refractivity contribution in [3.63, 3.8) is 0 Å². The molecule has 0 spiro atoms. The highest BCUT2D eigenvalue weighted by molar-refractivity contribution is 5.94. The van der Waals surface area contributed by atoms with Crippen LogP contribution in [0.4, 0.5) is 22.7 Å². The molecular formula is C40H34N8. The van der Waals surface area contributed by atoms with E-state index in [1.54, 1.807) is 0 Å². The number of rotatable bonds is 4. The molecule has 0 aliphatic carbocycles. The molecule has 2 heterocycles. The highest BCUT2D eigenvalue weighted by Crippen LogP contribution is 2.30. The second-order valence-corrected chi connectivity index (χ2v) is 11.9. The van der Waals surface area contributed by atoms with Crippen molar-refractivity contribution in [3.8, 4) is 35.1 Å². The molecule has 0 atom stereocenters. The van der Waals surface area contributed by atoms with Crippen LogP contribution in [0.25, 0.3) is 33.4 Å². The van der Waals surface area contributed by atoms with Crippen LogP contribution in [0.3, 0.4) is 0 Å². The lowest BCUT2D eigenvalue weighted by Crippen LogP contribution is -2.07. The first-order valence-electron chi connectivity index (χ1n) is 15.5. The van der Waals surface area contributed by atoms with Gasteiger partial charge in [-0.1, -0.05) is 11.8 Å². The van der Waals surface area contributed by atoms with Crippen molar-refractivity contribution in [2.75, 3.05) is 49.5 Å². The van der Waals surface area contributed by atoms with E-state index in [9.17, 15) is 0 Å². The highest BCUT2D eigenvalue weighted by atomic mass is 15.1. The maximum atomic E-state index is 6.06. The first-order chi connectivity index (χ1) is 23.2. The molecular weight excluding hydrogens is 592 g/mol. The van der Waals surface area contributed by atoms with Gasteiger partial charge in [0.15, 0.2) is 11.6 Å². The van der Waals surface area contributed by atoms with Gasteiger partial charge in [-0.2, -0.15) is 0 Å². The van der Waals surface area contributed by atoms with Crippen molar-refractivity contribution in [2.45, 2.75) is 0 Å². The molecule has 0 bridgehead atoms. The molecule has 0 aliphatic heterocycles. The monoisotopic (exact) mass is 626 g/mol. The van der Waals surface area contributed by atoms with Crippen LogP contribution in [-0.2, 0) is 0 Å². The molecule has 5 aromatic carbocycles. The molecule has 0 radical (unpaired) electrons. The molecule has 0 saturated heterocycles. The fraction of sp³-hybridized carbons (Fsp3) is 0.100. The van der Waals surface area contributed by atoms with Crippen molar-refractivity contribution in [2.24, 2.45) is 0 Å². The van der Waals surface area contributed by atoms with E-state index >= 15 is 0 Å². The summed E-state index contributed by atoms with van der Waals surface area (Å²) in [5.74, 6) is 14.5. The van der Waals surface area contributed by atoms with Gasteiger partial charge in [-0.15, -0.1) is 0 Å². The van der Waals surface area contributed by atoms with Crippen LogP contribution in [0.2, 0.25) is 0 Å². The Morgan fingerprint density at radius 3 is 1.17 bits per heavy atom. The number of imidazole rings is 2. The zero-order valence-electron chi connectivity index (χ0n) is 27.2. The summed E-state index contributed by atoms with van der Waals surface area (Å²) in [4.78, 5) is 14.2. The molecule has 0 fully saturated rings. The molecule has 7 rings (SSSR count). The summed E-state index contributed by atoms with van der Waals surface area (Å²) in [6.07, 6.45) is 0. The number of aromatic nitrogens is 4. The SMILES string of the molecule is CN(C)c1ccc(C#Cc2nc3cc4c(cc3n2-c2ccc(N)cc2)nc(C#Cc2ccc(N(C)C)cc2)n4-c2ccc(N)cc2)cc1. The normalized spacial score (nSPS) is 10.8. The molecule has 0 unspecified atom stereocenters. The Morgan fingerprint density at radius 2 is 0.833 bits per heavy atom. The van der Waals surface area contributed by atoms with Gasteiger partial charge in [-0.25, -0.2) is 9.97 Å². The first kappa shape index (κ1) is 30.0. The van der Waals surface area contributed by atoms with Crippen molar-refractivity contribution >= 4 is 44.8 Å². The third-order valence-electron chi connectivity index (χ3n) is 8.14. The summed E-state index contributed by atoms with van der Waals surface area (Å²) < 4.78 is 4.10. The van der Waals surface area contributed by atoms with Crippen LogP contribution < -0.4 is 21.3 Å². The number of nitrogens with two attached hydrogens (primary N) is 2. The Morgan fingerprint density at radius 1 is 0.479 bits per heavy atom. The van der Waals surface area contributed by atoms with Gasteiger partial charge in [0, 0.05) is 73.4 Å². The zero-order chi connectivity index (χ0) is 33.4. The third kappa shape index (κ3) is 5.87. The van der Waals surface area contributed by atoms with Crippen molar-refractivity contribution in [1.29, 1.82) is 0 Å². The van der Waals surface area contributed by atoms with Gasteiger partial charge in [0.1, 0.15) is 0 Å². The van der Waals surface area contributed by atoms with E-state index in [-0.39, 0.29) is 0 Å². The first-order valence-corrected chi connectivity index (χ1v) is 15.5. The summed E-state index contributed by atoms with van der Waals surface area (Å²) in [6, 6.07) is 35.8. The summed E-state index contributed by atoms with van der Waals surface area (Å²) in [6.45, 7) is 0. The van der Waals surface area contributed by atoms with E-state index in [4.69, 9.17) is 21.4 Å². The van der Waals surface area contributed by atoms with E-state index in [1.165, 1.54) is 0 Å². The molecule has 7 aromatic rings. The minimum absolute atomic E-state index is 0.610. The number of anilines is 4. The lowest BCUT2D eigenvalue weighted by atomic mass is 10.2. The Kier molecular flexibility index (Phi) is 7.68. The highest BCUT2D eigenvalue weighted by Gasteiger charge is 2.18. The fourth-order valence-corrected chi connectivity index (χ4v) is 5.53. The average molecular weight is 627 g/mol. The van der Waals surface area contributed by atoms with Crippen LogP contribution in [0.15, 0.2) is 109 Å². The van der Waals surface area contributed by atoms with Crippen LogP contribution in [0.1, 0.15) is 22.8 Å². The quantitative estimate of drug-likeness (QED) is 0.172. The van der Waals surface area contributed by atoms with E-state index in [0.29, 0.717) is 23.0 Å². The van der Waals surface area contributed by atoms with E-state index in [0.717, 1.165) is 55.9 Å². The second kappa shape index (κ2) is 12.3. The molecule has 8 nitrogen and oxygen atoms in total. The lowest BCUT2D eigenvalue weighted by molar-refractivity contribution is 1.06. The van der Waals surface area contributed by atoms with Crippen LogP contribution in [-0.4, -0.2) is 47.3 Å². The maximum Gasteiger partial charge on any atom is 0.191 e. The molecule has 4 N–H and O–H groups in total. The van der Waals surface area contributed by atoms with Gasteiger partial charge in [-0.3, -0.25) is 9.13 Å². The molecule has 48 heavy (non-hydrogen) atoms. The number of hydrogen-bond donors (Lipinski definition) is 2. The van der Waals surface area contributed by atoms with E-state index < -0.39 is 0 Å². The predicted octanol–water partition coefficient (Wildman–Crippen LogP) is 6.46. The predicted molar refractivity (Wildman–Crippen MR) is 198 cm³/mol. The summed E-state index contributed by atoms with van der Waals surface area (Å²) in [7, 11) is 8.08. The van der Waals surface area contributed by atoms with Gasteiger partial charge in [-0.05, 0) is 121 Å². The number of fused-ring (bicyclic) bond motifs is 2. The smallest absolute Gasteiger partial charge is 0.191 e. The Labute approximate surface area is 279 Å². The third-order valence-corrected chi connectivity index (χ3v) is 8.14. The summed E-state index contributed by atoms with van der Waals surface area (Å²) in [5, 5.41) is 0.